The van der Waals surface area contributed by atoms with E-state index in [9.17, 15) is 0 Å². The van der Waals surface area contributed by atoms with Crippen LogP contribution in [-0.2, 0) is 0 Å². The lowest BCUT2D eigenvalue weighted by Crippen LogP contribution is -1.98. The molecule has 0 spiro atoms. The van der Waals surface area contributed by atoms with Crippen molar-refractivity contribution in [3.8, 4) is 17.8 Å². The van der Waals surface area contributed by atoms with E-state index in [0.29, 0.717) is 11.4 Å². The van der Waals surface area contributed by atoms with Crippen LogP contribution < -0.4 is 10.5 Å². The molecule has 0 aliphatic carbocycles. The number of para-hydroxylation sites is 1. The number of nitrogen functional groups attached to an aromatic ring is 1. The fraction of sp³-hybridized carbons (Fsp3) is 0.0833. The summed E-state index contributed by atoms with van der Waals surface area (Å²) >= 11 is 0. The van der Waals surface area contributed by atoms with Crippen LogP contribution in [0.4, 0.5) is 5.69 Å². The number of anilines is 1. The molecule has 5 heteroatoms. The zero-order valence-corrected chi connectivity index (χ0v) is 9.21. The van der Waals surface area contributed by atoms with Gasteiger partial charge in [-0.2, -0.15) is 10.2 Å². The van der Waals surface area contributed by atoms with Crippen molar-refractivity contribution in [2.45, 2.75) is 6.92 Å². The first-order valence-corrected chi connectivity index (χ1v) is 4.97. The number of aryl methyl sites for hydroxylation is 1. The minimum atomic E-state index is 0.116. The van der Waals surface area contributed by atoms with Crippen molar-refractivity contribution >= 4 is 5.69 Å². The molecule has 84 valence electrons. The highest BCUT2D eigenvalue weighted by Gasteiger charge is 2.07. The highest BCUT2D eigenvalue weighted by molar-refractivity contribution is 5.57. The average molecular weight is 226 g/mol. The highest BCUT2D eigenvalue weighted by Crippen LogP contribution is 2.28. The number of rotatable bonds is 2. The van der Waals surface area contributed by atoms with Gasteiger partial charge in [-0.3, -0.25) is 0 Å². The van der Waals surface area contributed by atoms with Crippen LogP contribution >= 0.6 is 0 Å². The average Bonchev–Trinajstić information content (AvgIpc) is 2.34. The van der Waals surface area contributed by atoms with Gasteiger partial charge in [0.25, 0.3) is 0 Å². The molecule has 0 aliphatic rings. The van der Waals surface area contributed by atoms with E-state index in [1.807, 2.05) is 25.1 Å². The first-order valence-electron chi connectivity index (χ1n) is 4.97. The third kappa shape index (κ3) is 2.32. The van der Waals surface area contributed by atoms with Gasteiger partial charge in [0.1, 0.15) is 11.8 Å². The zero-order valence-electron chi connectivity index (χ0n) is 9.21. The molecule has 1 aromatic heterocycles. The Morgan fingerprint density at radius 3 is 2.88 bits per heavy atom. The third-order valence-electron chi connectivity index (χ3n) is 2.18. The normalized spacial score (nSPS) is 9.65. The molecule has 1 aromatic carbocycles. The Bertz CT molecular complexity index is 569. The Morgan fingerprint density at radius 2 is 2.18 bits per heavy atom. The molecule has 2 aromatic rings. The van der Waals surface area contributed by atoms with Crippen molar-refractivity contribution < 1.29 is 4.74 Å². The van der Waals surface area contributed by atoms with Gasteiger partial charge in [-0.05, 0) is 24.6 Å². The van der Waals surface area contributed by atoms with Crippen LogP contribution in [0.5, 0.6) is 11.8 Å². The highest BCUT2D eigenvalue weighted by atomic mass is 16.5. The van der Waals surface area contributed by atoms with Crippen molar-refractivity contribution in [1.82, 2.24) is 9.97 Å². The number of aromatic nitrogens is 2. The molecule has 5 nitrogen and oxygen atoms in total. The van der Waals surface area contributed by atoms with E-state index in [4.69, 9.17) is 15.7 Å². The van der Waals surface area contributed by atoms with Crippen molar-refractivity contribution in [2.24, 2.45) is 0 Å². The molecule has 0 radical (unpaired) electrons. The van der Waals surface area contributed by atoms with Crippen LogP contribution in [0.15, 0.2) is 30.5 Å². The van der Waals surface area contributed by atoms with Gasteiger partial charge in [-0.25, -0.2) is 4.98 Å². The Balaban J connectivity index is 2.35. The molecule has 0 amide bonds. The maximum absolute atomic E-state index is 8.72. The molecule has 17 heavy (non-hydrogen) atoms. The lowest BCUT2D eigenvalue weighted by atomic mass is 10.2. The number of benzene rings is 1. The number of ether oxygens (including phenoxy) is 1. The van der Waals surface area contributed by atoms with Crippen molar-refractivity contribution in [3.63, 3.8) is 0 Å². The van der Waals surface area contributed by atoms with Gasteiger partial charge >= 0.3 is 6.01 Å². The molecule has 0 atom stereocenters. The number of nitrogens with zero attached hydrogens (tertiary/aromatic N) is 3. The molecule has 0 bridgehead atoms. The maximum atomic E-state index is 8.72. The first-order chi connectivity index (χ1) is 8.20. The fourth-order valence-electron chi connectivity index (χ4n) is 1.36. The van der Waals surface area contributed by atoms with Crippen LogP contribution in [0.3, 0.4) is 0 Å². The minimum absolute atomic E-state index is 0.116. The van der Waals surface area contributed by atoms with Crippen LogP contribution in [0.2, 0.25) is 0 Å². The standard InChI is InChI=1S/C12H10N4O/c1-8-3-2-4-10(14)11(8)17-12-15-6-5-9(7-13)16-12/h2-6H,14H2,1H3. The van der Waals surface area contributed by atoms with E-state index >= 15 is 0 Å². The Morgan fingerprint density at radius 1 is 1.35 bits per heavy atom. The van der Waals surface area contributed by atoms with E-state index in [1.54, 1.807) is 6.07 Å². The largest absolute Gasteiger partial charge is 0.422 e. The zero-order chi connectivity index (χ0) is 12.3. The molecule has 0 unspecified atom stereocenters. The summed E-state index contributed by atoms with van der Waals surface area (Å²) in [5.74, 6) is 0.516. The molecule has 0 aliphatic heterocycles. The van der Waals surface area contributed by atoms with Gasteiger partial charge in [-0.15, -0.1) is 0 Å². The van der Waals surface area contributed by atoms with Gasteiger partial charge in [0.05, 0.1) is 5.69 Å². The van der Waals surface area contributed by atoms with Gasteiger partial charge in [0, 0.05) is 6.20 Å². The minimum Gasteiger partial charge on any atom is -0.422 e. The summed E-state index contributed by atoms with van der Waals surface area (Å²) in [6, 6.07) is 8.99. The van der Waals surface area contributed by atoms with Crippen LogP contribution in [0.1, 0.15) is 11.3 Å². The van der Waals surface area contributed by atoms with Gasteiger partial charge in [-0.1, -0.05) is 12.1 Å². The number of hydrogen-bond donors (Lipinski definition) is 1. The summed E-state index contributed by atoms with van der Waals surface area (Å²) in [6.45, 7) is 1.87. The lowest BCUT2D eigenvalue weighted by Gasteiger charge is -2.09. The first kappa shape index (κ1) is 10.9. The second-order valence-corrected chi connectivity index (χ2v) is 3.43. The van der Waals surface area contributed by atoms with Crippen molar-refractivity contribution in [1.29, 1.82) is 5.26 Å². The smallest absolute Gasteiger partial charge is 0.323 e. The van der Waals surface area contributed by atoms with Gasteiger partial charge in [0.2, 0.25) is 0 Å². The summed E-state index contributed by atoms with van der Waals surface area (Å²) in [5.41, 5.74) is 7.44. The predicted octanol–water partition coefficient (Wildman–Crippen LogP) is 2.03. The second kappa shape index (κ2) is 4.49. The van der Waals surface area contributed by atoms with E-state index in [2.05, 4.69) is 9.97 Å². The maximum Gasteiger partial charge on any atom is 0.323 e. The quantitative estimate of drug-likeness (QED) is 0.792. The van der Waals surface area contributed by atoms with E-state index < -0.39 is 0 Å². The van der Waals surface area contributed by atoms with E-state index in [1.165, 1.54) is 12.3 Å². The molecule has 1 heterocycles. The third-order valence-corrected chi connectivity index (χ3v) is 2.18. The molecule has 2 rings (SSSR count). The lowest BCUT2D eigenvalue weighted by molar-refractivity contribution is 0.440. The Kier molecular flexibility index (Phi) is 2.88. The molecule has 0 saturated carbocycles. The molecule has 0 fully saturated rings. The number of nitriles is 1. The van der Waals surface area contributed by atoms with Crippen LogP contribution in [-0.4, -0.2) is 9.97 Å². The molecule has 2 N–H and O–H groups in total. The van der Waals surface area contributed by atoms with Crippen molar-refractivity contribution in [3.05, 3.63) is 41.7 Å². The fourth-order valence-corrected chi connectivity index (χ4v) is 1.36. The monoisotopic (exact) mass is 226 g/mol. The number of nitrogens with two attached hydrogens (primary N) is 1. The van der Waals surface area contributed by atoms with E-state index in [-0.39, 0.29) is 11.7 Å². The van der Waals surface area contributed by atoms with E-state index in [0.717, 1.165) is 5.56 Å². The summed E-state index contributed by atoms with van der Waals surface area (Å²) < 4.78 is 5.48. The molecular formula is C12H10N4O. The Labute approximate surface area is 98.5 Å². The molecular weight excluding hydrogens is 216 g/mol. The summed E-state index contributed by atoms with van der Waals surface area (Å²) in [6.07, 6.45) is 1.47. The summed E-state index contributed by atoms with van der Waals surface area (Å²) in [7, 11) is 0. The topological polar surface area (TPSA) is 84.8 Å². The summed E-state index contributed by atoms with van der Waals surface area (Å²) in [5, 5.41) is 8.72. The predicted molar refractivity (Wildman–Crippen MR) is 62.4 cm³/mol. The number of hydrogen-bond acceptors (Lipinski definition) is 5. The van der Waals surface area contributed by atoms with Crippen LogP contribution in [0.25, 0.3) is 0 Å². The van der Waals surface area contributed by atoms with Gasteiger partial charge < -0.3 is 10.5 Å². The summed E-state index contributed by atoms with van der Waals surface area (Å²) in [4.78, 5) is 7.84. The van der Waals surface area contributed by atoms with Crippen molar-refractivity contribution in [2.75, 3.05) is 5.73 Å². The van der Waals surface area contributed by atoms with Gasteiger partial charge in [0.15, 0.2) is 5.75 Å². The molecule has 0 saturated heterocycles. The Hall–Kier alpha value is -2.61. The van der Waals surface area contributed by atoms with Crippen LogP contribution in [0, 0.1) is 18.3 Å². The second-order valence-electron chi connectivity index (χ2n) is 3.43. The SMILES string of the molecule is Cc1cccc(N)c1Oc1nccc(C#N)n1.